The molecule has 140 valence electrons. The van der Waals surface area contributed by atoms with Gasteiger partial charge in [-0.15, -0.1) is 0 Å². The second kappa shape index (κ2) is 8.72. The first-order chi connectivity index (χ1) is 12.2. The number of methoxy groups -OCH3 is 1. The predicted molar refractivity (Wildman–Crippen MR) is 115 cm³/mol. The van der Waals surface area contributed by atoms with Crippen LogP contribution < -0.4 is 19.3 Å². The van der Waals surface area contributed by atoms with Gasteiger partial charge in [0.1, 0.15) is 0 Å². The van der Waals surface area contributed by atoms with E-state index < -0.39 is 31.7 Å². The molecule has 1 amide bonds. The second-order valence-electron chi connectivity index (χ2n) is 7.59. The number of ether oxygens (including phenoxy) is 1. The molecule has 0 aliphatic heterocycles. The summed E-state index contributed by atoms with van der Waals surface area (Å²) in [5.41, 5.74) is 0. The zero-order valence-corrected chi connectivity index (χ0v) is 20.2. The Balaban J connectivity index is 2.93. The molecule has 0 radical (unpaired) electrons. The van der Waals surface area contributed by atoms with Crippen LogP contribution in [-0.2, 0) is 4.74 Å². The summed E-state index contributed by atoms with van der Waals surface area (Å²) in [5.74, 6) is 0. The molecule has 6 heteroatoms. The van der Waals surface area contributed by atoms with Crippen LogP contribution in [0, 0.1) is 0 Å². The van der Waals surface area contributed by atoms with Gasteiger partial charge in [-0.3, -0.25) is 0 Å². The van der Waals surface area contributed by atoms with Gasteiger partial charge in [0.2, 0.25) is 0 Å². The number of hydrogen-bond donors (Lipinski definition) is 1. The number of amides is 1. The summed E-state index contributed by atoms with van der Waals surface area (Å²) < 4.78 is 11.0. The van der Waals surface area contributed by atoms with Crippen molar-refractivity contribution in [3.63, 3.8) is 0 Å². The number of nitrogens with one attached hydrogen (secondary N) is 1. The third kappa shape index (κ3) is 4.79. The van der Waals surface area contributed by atoms with Crippen LogP contribution in [0.4, 0.5) is 4.79 Å². The Morgan fingerprint density at radius 2 is 1.62 bits per heavy atom. The first-order valence-electron chi connectivity index (χ1n) is 8.84. The number of carbonyl (C=O) groups is 1. The SMILES string of the molecule is COC(=O)N=P(NC(C)C)(c1ccccc1)c1cccc[c]1[Sn]([CH3])([CH3])[CH3]. The van der Waals surface area contributed by atoms with E-state index >= 15 is 0 Å². The van der Waals surface area contributed by atoms with Gasteiger partial charge in [-0.05, 0) is 0 Å². The molecule has 0 fully saturated rings. The van der Waals surface area contributed by atoms with Gasteiger partial charge in [-0.1, -0.05) is 0 Å². The average molecular weight is 479 g/mol. The van der Waals surface area contributed by atoms with Crippen molar-refractivity contribution >= 4 is 45.9 Å². The molecule has 0 saturated heterocycles. The van der Waals surface area contributed by atoms with Crippen LogP contribution in [-0.4, -0.2) is 37.6 Å². The number of benzene rings is 2. The standard InChI is InChI=1S/C17H20N2O2P.3CH3.Sn/c1-14(2)18-22(19-17(20)21-3,15-10-6-4-7-11-15)16-12-8-5-9-13-16;;;;/h4-12,14,18H,1-3H3;3*1H3;. The summed E-state index contributed by atoms with van der Waals surface area (Å²) >= 11 is -2.46. The Hall–Kier alpha value is -1.10. The van der Waals surface area contributed by atoms with E-state index in [0.29, 0.717) is 0 Å². The Labute approximate surface area is 161 Å². The molecule has 0 aliphatic carbocycles. The van der Waals surface area contributed by atoms with Crippen molar-refractivity contribution in [2.45, 2.75) is 34.7 Å². The molecule has 0 aromatic heterocycles. The predicted octanol–water partition coefficient (Wildman–Crippen LogP) is 4.06. The van der Waals surface area contributed by atoms with Crippen molar-refractivity contribution < 1.29 is 9.53 Å². The van der Waals surface area contributed by atoms with Crippen molar-refractivity contribution in [3.8, 4) is 0 Å². The van der Waals surface area contributed by atoms with Crippen LogP contribution in [0.5, 0.6) is 0 Å². The quantitative estimate of drug-likeness (QED) is 0.520. The van der Waals surface area contributed by atoms with E-state index in [4.69, 9.17) is 4.74 Å². The monoisotopic (exact) mass is 480 g/mol. The van der Waals surface area contributed by atoms with E-state index in [9.17, 15) is 4.79 Å². The van der Waals surface area contributed by atoms with Crippen molar-refractivity contribution in [3.05, 3.63) is 54.6 Å². The molecular formula is C20H29N2O2PSn. The molecule has 0 heterocycles. The summed E-state index contributed by atoms with van der Waals surface area (Å²) in [5, 5.41) is 5.89. The van der Waals surface area contributed by atoms with Crippen LogP contribution in [0.25, 0.3) is 0 Å². The molecule has 1 atom stereocenters. The van der Waals surface area contributed by atoms with Crippen molar-refractivity contribution in [1.29, 1.82) is 0 Å². The second-order valence-corrected chi connectivity index (χ2v) is 24.7. The van der Waals surface area contributed by atoms with Gasteiger partial charge in [-0.2, -0.15) is 0 Å². The van der Waals surface area contributed by atoms with Crippen LogP contribution in [0.2, 0.25) is 14.8 Å². The summed E-state index contributed by atoms with van der Waals surface area (Å²) in [6.45, 7) is 4.18. The zero-order valence-electron chi connectivity index (χ0n) is 16.5. The van der Waals surface area contributed by atoms with E-state index in [1.807, 2.05) is 24.3 Å². The van der Waals surface area contributed by atoms with Gasteiger partial charge in [0, 0.05) is 0 Å². The Bertz CT molecular complexity index is 814. The normalized spacial score (nSPS) is 14.0. The molecule has 2 rings (SSSR count). The molecule has 26 heavy (non-hydrogen) atoms. The van der Waals surface area contributed by atoms with Gasteiger partial charge >= 0.3 is 162 Å². The van der Waals surface area contributed by atoms with E-state index in [2.05, 4.69) is 68.8 Å². The maximum atomic E-state index is 12.3. The van der Waals surface area contributed by atoms with Gasteiger partial charge in [0.25, 0.3) is 0 Å². The van der Waals surface area contributed by atoms with Crippen LogP contribution in [0.3, 0.4) is 0 Å². The molecule has 2 aromatic rings. The zero-order chi connectivity index (χ0) is 19.4. The van der Waals surface area contributed by atoms with Crippen LogP contribution in [0.1, 0.15) is 13.8 Å². The van der Waals surface area contributed by atoms with E-state index in [0.717, 1.165) is 10.6 Å². The number of rotatable bonds is 5. The van der Waals surface area contributed by atoms with Gasteiger partial charge in [-0.25, -0.2) is 0 Å². The molecule has 0 bridgehead atoms. The fourth-order valence-corrected chi connectivity index (χ4v) is 14.0. The molecule has 4 nitrogen and oxygen atoms in total. The Kier molecular flexibility index (Phi) is 7.11. The first-order valence-corrected chi connectivity index (χ1v) is 20.6. The Morgan fingerprint density at radius 1 is 1.04 bits per heavy atom. The van der Waals surface area contributed by atoms with E-state index in [1.165, 1.54) is 10.7 Å². The summed E-state index contributed by atoms with van der Waals surface area (Å²) in [6.07, 6.45) is -0.533. The number of nitrogens with zero attached hydrogens (tertiary/aromatic N) is 1. The number of carbonyl (C=O) groups excluding carboxylic acids is 1. The molecule has 0 spiro atoms. The third-order valence-electron chi connectivity index (χ3n) is 4.04. The van der Waals surface area contributed by atoms with Crippen molar-refractivity contribution in [2.75, 3.05) is 7.11 Å². The minimum atomic E-state index is -2.51. The van der Waals surface area contributed by atoms with Gasteiger partial charge in [0.15, 0.2) is 0 Å². The van der Waals surface area contributed by atoms with Gasteiger partial charge in [0.05, 0.1) is 0 Å². The molecule has 0 aliphatic rings. The fraction of sp³-hybridized carbons (Fsp3) is 0.350. The molecule has 1 N–H and O–H groups in total. The first kappa shape index (κ1) is 21.2. The number of hydrogen-bond acceptors (Lipinski definition) is 2. The maximum absolute atomic E-state index is 12.3. The van der Waals surface area contributed by atoms with Crippen molar-refractivity contribution in [2.24, 2.45) is 4.74 Å². The summed E-state index contributed by atoms with van der Waals surface area (Å²) in [7, 11) is -1.13. The van der Waals surface area contributed by atoms with Crippen molar-refractivity contribution in [1.82, 2.24) is 5.09 Å². The molecule has 0 saturated carbocycles. The van der Waals surface area contributed by atoms with E-state index in [-0.39, 0.29) is 6.04 Å². The summed E-state index contributed by atoms with van der Waals surface area (Å²) in [6, 6.07) is 18.8. The molecule has 2 aromatic carbocycles. The van der Waals surface area contributed by atoms with Gasteiger partial charge < -0.3 is 0 Å². The van der Waals surface area contributed by atoms with Crippen LogP contribution in [0.15, 0.2) is 59.3 Å². The summed E-state index contributed by atoms with van der Waals surface area (Å²) in [4.78, 5) is 19.5. The Morgan fingerprint density at radius 3 is 2.15 bits per heavy atom. The third-order valence-corrected chi connectivity index (χ3v) is 14.0. The minimum absolute atomic E-state index is 0.167. The molecule has 1 unspecified atom stereocenters. The topological polar surface area (TPSA) is 50.7 Å². The molecular weight excluding hydrogens is 450 g/mol. The fourth-order valence-electron chi connectivity index (χ4n) is 2.99. The van der Waals surface area contributed by atoms with E-state index in [1.54, 1.807) is 0 Å². The van der Waals surface area contributed by atoms with Crippen LogP contribution >= 0.6 is 7.21 Å². The average Bonchev–Trinajstić information content (AvgIpc) is 2.60.